The van der Waals surface area contributed by atoms with Gasteiger partial charge in [-0.1, -0.05) is 33.3 Å². The molecule has 2 aromatic carbocycles. The van der Waals surface area contributed by atoms with Gasteiger partial charge in [0.15, 0.2) is 27.8 Å². The molecule has 1 atom stereocenters. The molecular formula is C26H23BrN2O7S. The van der Waals surface area contributed by atoms with Crippen LogP contribution in [0.1, 0.15) is 31.0 Å². The van der Waals surface area contributed by atoms with Crippen molar-refractivity contribution in [3.05, 3.63) is 76.9 Å². The third kappa shape index (κ3) is 4.42. The molecule has 0 saturated heterocycles. The summed E-state index contributed by atoms with van der Waals surface area (Å²) in [5.74, 6) is 1.72. The lowest BCUT2D eigenvalue weighted by molar-refractivity contribution is -0.139. The van der Waals surface area contributed by atoms with Crippen molar-refractivity contribution in [1.82, 2.24) is 4.57 Å². The fraction of sp³-hybridized carbons (Fsp3) is 0.269. The van der Waals surface area contributed by atoms with E-state index in [1.165, 1.54) is 15.9 Å². The van der Waals surface area contributed by atoms with E-state index >= 15 is 0 Å². The Morgan fingerprint density at radius 2 is 1.92 bits per heavy atom. The number of carbonyl (C=O) groups is 1. The number of benzene rings is 2. The SMILES string of the molecule is CCOC(=O)C1=C(C)N=c2sc(=Cc3cc(OC)c(OC)cc3Br)c(=O)n2[C@H]1c1ccc2c(c1)OCO2. The summed E-state index contributed by atoms with van der Waals surface area (Å²) in [7, 11) is 3.11. The molecule has 0 amide bonds. The van der Waals surface area contributed by atoms with Crippen LogP contribution in [0, 0.1) is 0 Å². The van der Waals surface area contributed by atoms with Crippen LogP contribution in [0.5, 0.6) is 23.0 Å². The summed E-state index contributed by atoms with van der Waals surface area (Å²) in [6, 6.07) is 8.18. The third-order valence-corrected chi connectivity index (χ3v) is 7.69. The highest BCUT2D eigenvalue weighted by atomic mass is 79.9. The Kier molecular flexibility index (Phi) is 6.82. The van der Waals surface area contributed by atoms with Gasteiger partial charge in [-0.15, -0.1) is 0 Å². The Bertz CT molecular complexity index is 1620. The molecule has 3 aromatic rings. The molecule has 0 fully saturated rings. The van der Waals surface area contributed by atoms with Crippen molar-refractivity contribution in [3.8, 4) is 23.0 Å². The topological polar surface area (TPSA) is 97.6 Å². The molecule has 5 rings (SSSR count). The van der Waals surface area contributed by atoms with Gasteiger partial charge in [0.25, 0.3) is 5.56 Å². The van der Waals surface area contributed by atoms with E-state index in [0.29, 0.717) is 49.2 Å². The maximum absolute atomic E-state index is 13.8. The number of fused-ring (bicyclic) bond motifs is 2. The summed E-state index contributed by atoms with van der Waals surface area (Å²) in [5.41, 5.74) is 1.90. The van der Waals surface area contributed by atoms with E-state index in [-0.39, 0.29) is 19.0 Å². The van der Waals surface area contributed by atoms with Gasteiger partial charge in [0.05, 0.1) is 42.7 Å². The van der Waals surface area contributed by atoms with Crippen LogP contribution in [-0.2, 0) is 9.53 Å². The highest BCUT2D eigenvalue weighted by molar-refractivity contribution is 9.10. The Hall–Kier alpha value is -3.57. The lowest BCUT2D eigenvalue weighted by Gasteiger charge is -2.24. The van der Waals surface area contributed by atoms with Crippen LogP contribution in [0.25, 0.3) is 6.08 Å². The Morgan fingerprint density at radius 1 is 1.19 bits per heavy atom. The van der Waals surface area contributed by atoms with Crippen LogP contribution < -0.4 is 33.8 Å². The number of esters is 1. The second-order valence-corrected chi connectivity index (χ2v) is 10.0. The Morgan fingerprint density at radius 3 is 2.65 bits per heavy atom. The summed E-state index contributed by atoms with van der Waals surface area (Å²) in [5, 5.41) is 0. The fourth-order valence-electron chi connectivity index (χ4n) is 4.31. The van der Waals surface area contributed by atoms with E-state index in [2.05, 4.69) is 20.9 Å². The minimum absolute atomic E-state index is 0.112. The summed E-state index contributed by atoms with van der Waals surface area (Å²) >= 11 is 4.78. The van der Waals surface area contributed by atoms with Crippen molar-refractivity contribution in [1.29, 1.82) is 0 Å². The number of hydrogen-bond donors (Lipinski definition) is 0. The van der Waals surface area contributed by atoms with Gasteiger partial charge in [0.2, 0.25) is 6.79 Å². The largest absolute Gasteiger partial charge is 0.493 e. The number of aromatic nitrogens is 1. The first-order chi connectivity index (χ1) is 17.9. The zero-order chi connectivity index (χ0) is 26.3. The number of carbonyl (C=O) groups excluding carboxylic acids is 1. The van der Waals surface area contributed by atoms with E-state index < -0.39 is 12.0 Å². The summed E-state index contributed by atoms with van der Waals surface area (Å²) in [4.78, 5) is 32.0. The summed E-state index contributed by atoms with van der Waals surface area (Å²) in [6.45, 7) is 3.79. The molecule has 2 aliphatic heterocycles. The number of nitrogens with zero attached hydrogens (tertiary/aromatic N) is 2. The van der Waals surface area contributed by atoms with Gasteiger partial charge in [0, 0.05) is 4.47 Å². The van der Waals surface area contributed by atoms with Gasteiger partial charge in [0.1, 0.15) is 0 Å². The maximum Gasteiger partial charge on any atom is 0.338 e. The van der Waals surface area contributed by atoms with Crippen molar-refractivity contribution < 1.29 is 28.5 Å². The van der Waals surface area contributed by atoms with E-state index in [1.54, 1.807) is 58.4 Å². The first kappa shape index (κ1) is 25.1. The van der Waals surface area contributed by atoms with Gasteiger partial charge in [-0.25, -0.2) is 9.79 Å². The quantitative estimate of drug-likeness (QED) is 0.409. The van der Waals surface area contributed by atoms with Crippen LogP contribution >= 0.6 is 27.3 Å². The molecule has 0 N–H and O–H groups in total. The highest BCUT2D eigenvalue weighted by Crippen LogP contribution is 2.38. The number of hydrogen-bond acceptors (Lipinski definition) is 9. The standard InChI is InChI=1S/C26H23BrN2O7S/c1-5-34-25(31)22-13(2)28-26-29(23(22)14-6-7-17-20(8-14)36-12-35-17)24(30)21(37-26)10-15-9-18(32-3)19(33-4)11-16(15)27/h6-11,23H,5,12H2,1-4H3/t23-/m0/s1. The highest BCUT2D eigenvalue weighted by Gasteiger charge is 2.34. The van der Waals surface area contributed by atoms with Crippen molar-refractivity contribution in [2.24, 2.45) is 4.99 Å². The van der Waals surface area contributed by atoms with Crippen LogP contribution in [0.3, 0.4) is 0 Å². The normalized spacial score (nSPS) is 16.4. The smallest absolute Gasteiger partial charge is 0.338 e. The molecule has 0 unspecified atom stereocenters. The second-order valence-electron chi connectivity index (χ2n) is 8.14. The molecule has 1 aromatic heterocycles. The lowest BCUT2D eigenvalue weighted by Crippen LogP contribution is -2.39. The predicted octanol–water partition coefficient (Wildman–Crippen LogP) is 3.31. The second kappa shape index (κ2) is 10.1. The molecule has 0 spiro atoms. The predicted molar refractivity (Wildman–Crippen MR) is 140 cm³/mol. The molecule has 11 heteroatoms. The molecule has 0 saturated carbocycles. The molecule has 9 nitrogen and oxygen atoms in total. The monoisotopic (exact) mass is 586 g/mol. The average molecular weight is 587 g/mol. The van der Waals surface area contributed by atoms with Crippen LogP contribution in [0.15, 0.2) is 55.9 Å². The maximum atomic E-state index is 13.8. The van der Waals surface area contributed by atoms with Gasteiger partial charge in [-0.3, -0.25) is 9.36 Å². The van der Waals surface area contributed by atoms with E-state index in [1.807, 2.05) is 6.07 Å². The van der Waals surface area contributed by atoms with Gasteiger partial charge in [-0.05, 0) is 55.3 Å². The van der Waals surface area contributed by atoms with Crippen LogP contribution in [-0.4, -0.2) is 38.2 Å². The molecule has 37 heavy (non-hydrogen) atoms. The first-order valence-corrected chi connectivity index (χ1v) is 13.0. The Labute approximate surface area is 224 Å². The lowest BCUT2D eigenvalue weighted by atomic mass is 9.95. The summed E-state index contributed by atoms with van der Waals surface area (Å²) < 4.78 is 29.8. The molecule has 0 bridgehead atoms. The fourth-order valence-corrected chi connectivity index (χ4v) is 5.79. The van der Waals surface area contributed by atoms with Gasteiger partial charge in [-0.2, -0.15) is 0 Å². The van der Waals surface area contributed by atoms with Crippen molar-refractivity contribution in [2.75, 3.05) is 27.6 Å². The average Bonchev–Trinajstić information content (AvgIpc) is 3.47. The molecule has 2 aliphatic rings. The van der Waals surface area contributed by atoms with Gasteiger partial charge < -0.3 is 23.7 Å². The number of rotatable bonds is 6. The molecule has 192 valence electrons. The first-order valence-electron chi connectivity index (χ1n) is 11.4. The van der Waals surface area contributed by atoms with E-state index in [9.17, 15) is 9.59 Å². The van der Waals surface area contributed by atoms with Crippen molar-refractivity contribution >= 4 is 39.3 Å². The van der Waals surface area contributed by atoms with Gasteiger partial charge >= 0.3 is 5.97 Å². The van der Waals surface area contributed by atoms with Crippen LogP contribution in [0.4, 0.5) is 0 Å². The molecular weight excluding hydrogens is 564 g/mol. The minimum atomic E-state index is -0.749. The zero-order valence-electron chi connectivity index (χ0n) is 20.5. The third-order valence-electron chi connectivity index (χ3n) is 6.02. The van der Waals surface area contributed by atoms with Crippen molar-refractivity contribution in [3.63, 3.8) is 0 Å². The number of halogens is 1. The molecule has 0 aliphatic carbocycles. The number of ether oxygens (including phenoxy) is 5. The zero-order valence-corrected chi connectivity index (χ0v) is 22.9. The van der Waals surface area contributed by atoms with Crippen LogP contribution in [0.2, 0.25) is 0 Å². The van der Waals surface area contributed by atoms with E-state index in [4.69, 9.17) is 23.7 Å². The number of allylic oxidation sites excluding steroid dienone is 1. The molecule has 0 radical (unpaired) electrons. The van der Waals surface area contributed by atoms with Crippen molar-refractivity contribution in [2.45, 2.75) is 19.9 Å². The number of thiazole rings is 1. The minimum Gasteiger partial charge on any atom is -0.493 e. The number of methoxy groups -OCH3 is 2. The summed E-state index contributed by atoms with van der Waals surface area (Å²) in [6.07, 6.45) is 1.76. The molecule has 3 heterocycles. The van der Waals surface area contributed by atoms with E-state index in [0.717, 1.165) is 10.0 Å². The Balaban J connectivity index is 1.72.